The summed E-state index contributed by atoms with van der Waals surface area (Å²) in [5.41, 5.74) is 4.89. The van der Waals surface area contributed by atoms with E-state index in [0.29, 0.717) is 0 Å². The molecule has 0 aliphatic carbocycles. The predicted molar refractivity (Wildman–Crippen MR) is 59.8 cm³/mol. The Kier molecular flexibility index (Phi) is 2.92. The molecule has 94 valence electrons. The van der Waals surface area contributed by atoms with Crippen molar-refractivity contribution in [1.29, 1.82) is 0 Å². The monoisotopic (exact) mass is 253 g/mol. The average Bonchev–Trinajstić information content (AvgIpc) is 2.76. The van der Waals surface area contributed by atoms with Gasteiger partial charge in [0.2, 0.25) is 11.8 Å². The third-order valence-corrected chi connectivity index (χ3v) is 2.24. The lowest BCUT2D eigenvalue weighted by Gasteiger charge is -2.07. The lowest BCUT2D eigenvalue weighted by atomic mass is 10.2. The van der Waals surface area contributed by atoms with E-state index in [9.17, 15) is 13.6 Å². The second-order valence-corrected chi connectivity index (χ2v) is 3.55. The van der Waals surface area contributed by atoms with Crippen molar-refractivity contribution in [1.82, 2.24) is 15.2 Å². The van der Waals surface area contributed by atoms with Gasteiger partial charge in [0.1, 0.15) is 11.5 Å². The van der Waals surface area contributed by atoms with E-state index in [1.165, 1.54) is 13.0 Å². The molecule has 0 spiro atoms. The number of carbonyl (C=O) groups excluding carboxylic acids is 1. The molecule has 4 N–H and O–H groups in total. The van der Waals surface area contributed by atoms with Crippen LogP contribution in [0.4, 0.5) is 20.4 Å². The number of hydrogen-bond donors (Lipinski definition) is 3. The topological polar surface area (TPSA) is 96.7 Å². The van der Waals surface area contributed by atoms with E-state index in [1.807, 2.05) is 0 Å². The quantitative estimate of drug-likeness (QED) is 0.749. The van der Waals surface area contributed by atoms with Gasteiger partial charge in [0.15, 0.2) is 5.82 Å². The molecule has 0 aliphatic heterocycles. The first-order valence-electron chi connectivity index (χ1n) is 4.93. The number of H-pyrrole nitrogens is 1. The number of aromatic amines is 1. The zero-order valence-electron chi connectivity index (χ0n) is 9.29. The molecular weight excluding hydrogens is 244 g/mol. The second-order valence-electron chi connectivity index (χ2n) is 3.55. The lowest BCUT2D eigenvalue weighted by molar-refractivity contribution is 0.101. The normalized spacial score (nSPS) is 10.4. The number of amides is 1. The smallest absolute Gasteiger partial charge is 0.293 e. The maximum absolute atomic E-state index is 13.6. The molecule has 0 fully saturated rings. The third-order valence-electron chi connectivity index (χ3n) is 2.24. The minimum atomic E-state index is -0.876. The molecule has 0 atom stereocenters. The molecule has 1 heterocycles. The van der Waals surface area contributed by atoms with Gasteiger partial charge in [-0.05, 0) is 18.6 Å². The highest BCUT2D eigenvalue weighted by Gasteiger charge is 2.17. The summed E-state index contributed by atoms with van der Waals surface area (Å²) in [6.07, 6.45) is 0. The highest BCUT2D eigenvalue weighted by Crippen LogP contribution is 2.21. The van der Waals surface area contributed by atoms with Gasteiger partial charge < -0.3 is 11.1 Å². The molecule has 1 aromatic carbocycles. The number of nitrogen functional groups attached to an aromatic ring is 1. The molecule has 0 saturated heterocycles. The average molecular weight is 253 g/mol. The Hall–Kier alpha value is -2.51. The van der Waals surface area contributed by atoms with Crippen LogP contribution in [0.3, 0.4) is 0 Å². The van der Waals surface area contributed by atoms with Crippen LogP contribution in [0.2, 0.25) is 0 Å². The highest BCUT2D eigenvalue weighted by molar-refractivity contribution is 6.01. The summed E-state index contributed by atoms with van der Waals surface area (Å²) in [4.78, 5) is 15.2. The van der Waals surface area contributed by atoms with E-state index < -0.39 is 23.2 Å². The van der Waals surface area contributed by atoms with Crippen molar-refractivity contribution >= 4 is 17.5 Å². The molecule has 6 nitrogen and oxygen atoms in total. The molecule has 0 aliphatic rings. The van der Waals surface area contributed by atoms with Crippen LogP contribution in [0.25, 0.3) is 0 Å². The minimum Gasteiger partial charge on any atom is -0.366 e. The first-order chi connectivity index (χ1) is 8.49. The van der Waals surface area contributed by atoms with Crippen molar-refractivity contribution in [2.45, 2.75) is 6.92 Å². The van der Waals surface area contributed by atoms with Crippen molar-refractivity contribution in [3.8, 4) is 0 Å². The maximum atomic E-state index is 13.6. The van der Waals surface area contributed by atoms with Crippen LogP contribution in [0, 0.1) is 18.6 Å². The van der Waals surface area contributed by atoms with Crippen LogP contribution >= 0.6 is 0 Å². The Labute approximate surface area is 100 Å². The molecule has 0 bridgehead atoms. The number of hydrogen-bond acceptors (Lipinski definition) is 4. The van der Waals surface area contributed by atoms with Crippen LogP contribution in [0.5, 0.6) is 0 Å². The molecule has 18 heavy (non-hydrogen) atoms. The van der Waals surface area contributed by atoms with Crippen LogP contribution < -0.4 is 11.1 Å². The Balaban J connectivity index is 2.30. The molecule has 0 saturated carbocycles. The molecule has 1 aromatic heterocycles. The summed E-state index contributed by atoms with van der Waals surface area (Å²) < 4.78 is 27.0. The van der Waals surface area contributed by atoms with E-state index in [2.05, 4.69) is 20.5 Å². The van der Waals surface area contributed by atoms with Crippen LogP contribution in [0.1, 0.15) is 16.2 Å². The van der Waals surface area contributed by atoms with Gasteiger partial charge in [0, 0.05) is 0 Å². The zero-order valence-corrected chi connectivity index (χ0v) is 9.29. The number of benzene rings is 1. The third kappa shape index (κ3) is 2.12. The summed E-state index contributed by atoms with van der Waals surface area (Å²) in [5, 5.41) is 7.74. The van der Waals surface area contributed by atoms with E-state index in [0.717, 1.165) is 6.07 Å². The van der Waals surface area contributed by atoms with Crippen molar-refractivity contribution in [2.75, 3.05) is 11.1 Å². The van der Waals surface area contributed by atoms with E-state index in [4.69, 9.17) is 5.73 Å². The SMILES string of the molecule is Cc1ccc(F)c(NC(=O)c2nc(N)n[nH]2)c1F. The Morgan fingerprint density at radius 2 is 2.17 bits per heavy atom. The van der Waals surface area contributed by atoms with E-state index in [1.54, 1.807) is 0 Å². The highest BCUT2D eigenvalue weighted by atomic mass is 19.1. The Bertz CT molecular complexity index is 610. The number of nitrogens with zero attached hydrogens (tertiary/aromatic N) is 2. The fourth-order valence-corrected chi connectivity index (χ4v) is 1.32. The van der Waals surface area contributed by atoms with Crippen molar-refractivity contribution in [2.24, 2.45) is 0 Å². The van der Waals surface area contributed by atoms with Crippen molar-refractivity contribution in [3.63, 3.8) is 0 Å². The number of halogens is 2. The minimum absolute atomic E-state index is 0.134. The van der Waals surface area contributed by atoms with Crippen LogP contribution in [-0.2, 0) is 0 Å². The van der Waals surface area contributed by atoms with Crippen molar-refractivity contribution < 1.29 is 13.6 Å². The number of aromatic nitrogens is 3. The molecule has 0 unspecified atom stereocenters. The largest absolute Gasteiger partial charge is 0.366 e. The Morgan fingerprint density at radius 1 is 1.44 bits per heavy atom. The van der Waals surface area contributed by atoms with E-state index >= 15 is 0 Å². The molecule has 2 rings (SSSR count). The molecule has 2 aromatic rings. The van der Waals surface area contributed by atoms with E-state index in [-0.39, 0.29) is 17.3 Å². The molecule has 8 heteroatoms. The van der Waals surface area contributed by atoms with Gasteiger partial charge in [0.25, 0.3) is 5.91 Å². The summed E-state index contributed by atoms with van der Waals surface area (Å²) in [6, 6.07) is 2.33. The van der Waals surface area contributed by atoms with Gasteiger partial charge in [-0.15, -0.1) is 5.10 Å². The number of nitrogens with two attached hydrogens (primary N) is 1. The van der Waals surface area contributed by atoms with Gasteiger partial charge in [0.05, 0.1) is 0 Å². The number of nitrogens with one attached hydrogen (secondary N) is 2. The van der Waals surface area contributed by atoms with Crippen LogP contribution in [0.15, 0.2) is 12.1 Å². The van der Waals surface area contributed by atoms with Gasteiger partial charge >= 0.3 is 0 Å². The fourth-order valence-electron chi connectivity index (χ4n) is 1.32. The number of carbonyl (C=O) groups is 1. The first-order valence-corrected chi connectivity index (χ1v) is 4.93. The molecule has 1 amide bonds. The van der Waals surface area contributed by atoms with Gasteiger partial charge in [-0.2, -0.15) is 4.98 Å². The van der Waals surface area contributed by atoms with Gasteiger partial charge in [-0.25, -0.2) is 8.78 Å². The zero-order chi connectivity index (χ0) is 13.3. The number of aryl methyl sites for hydroxylation is 1. The standard InChI is InChI=1S/C10H9F2N5O/c1-4-2-3-5(11)7(6(4)12)14-9(18)8-15-10(13)17-16-8/h2-3H,1H3,(H,14,18)(H3,13,15,16,17). The van der Waals surface area contributed by atoms with Gasteiger partial charge in [-0.3, -0.25) is 9.89 Å². The Morgan fingerprint density at radius 3 is 2.78 bits per heavy atom. The summed E-state index contributed by atoms with van der Waals surface area (Å²) >= 11 is 0. The lowest BCUT2D eigenvalue weighted by Crippen LogP contribution is -2.16. The maximum Gasteiger partial charge on any atom is 0.293 e. The first kappa shape index (κ1) is 12.0. The molecule has 0 radical (unpaired) electrons. The summed E-state index contributed by atoms with van der Waals surface area (Å²) in [7, 11) is 0. The summed E-state index contributed by atoms with van der Waals surface area (Å²) in [6.45, 7) is 1.46. The van der Waals surface area contributed by atoms with Crippen LogP contribution in [-0.4, -0.2) is 21.1 Å². The second kappa shape index (κ2) is 4.40. The summed E-state index contributed by atoms with van der Waals surface area (Å²) in [5.74, 6) is -2.91. The molecular formula is C10H9F2N5O. The number of anilines is 2. The van der Waals surface area contributed by atoms with Gasteiger partial charge in [-0.1, -0.05) is 6.07 Å². The number of rotatable bonds is 2. The van der Waals surface area contributed by atoms with Crippen molar-refractivity contribution in [3.05, 3.63) is 35.2 Å². The predicted octanol–water partition coefficient (Wildman–Crippen LogP) is 1.23. The fraction of sp³-hybridized carbons (Fsp3) is 0.100.